The molecule has 24 heavy (non-hydrogen) atoms. The summed E-state index contributed by atoms with van der Waals surface area (Å²) in [5.41, 5.74) is 4.54. The Labute approximate surface area is 146 Å². The van der Waals surface area contributed by atoms with Gasteiger partial charge in [0.2, 0.25) is 0 Å². The topological polar surface area (TPSA) is 41.9 Å². The lowest BCUT2D eigenvalue weighted by Crippen LogP contribution is -2.27. The molecule has 2 aromatic rings. The van der Waals surface area contributed by atoms with Gasteiger partial charge >= 0.3 is 0 Å². The van der Waals surface area contributed by atoms with Crippen molar-refractivity contribution < 1.29 is 0 Å². The Hall–Kier alpha value is -1.90. The van der Waals surface area contributed by atoms with Crippen molar-refractivity contribution in [3.63, 3.8) is 0 Å². The van der Waals surface area contributed by atoms with Crippen LogP contribution < -0.4 is 15.9 Å². The molecule has 5 heteroatoms. The highest BCUT2D eigenvalue weighted by Crippen LogP contribution is 2.20. The summed E-state index contributed by atoms with van der Waals surface area (Å²) in [4.78, 5) is 0. The third-order valence-corrected chi connectivity index (χ3v) is 5.02. The summed E-state index contributed by atoms with van der Waals surface area (Å²) in [6.07, 6.45) is 4.04. The van der Waals surface area contributed by atoms with Gasteiger partial charge in [-0.2, -0.15) is 5.10 Å². The molecular formula is C19H27N4P. The minimum Gasteiger partial charge on any atom is -0.369 e. The molecule has 2 rings (SSSR count). The van der Waals surface area contributed by atoms with Crippen molar-refractivity contribution in [1.82, 2.24) is 20.4 Å². The number of nitrogens with one attached hydrogen (secondary N) is 2. The number of aryl methyl sites for hydroxylation is 1. The highest BCUT2D eigenvalue weighted by atomic mass is 31.1. The van der Waals surface area contributed by atoms with Crippen LogP contribution in [0.15, 0.2) is 43.1 Å². The lowest BCUT2D eigenvalue weighted by atomic mass is 10.0. The highest BCUT2D eigenvalue weighted by Gasteiger charge is 2.10. The zero-order chi connectivity index (χ0) is 17.5. The zero-order valence-corrected chi connectivity index (χ0v) is 16.0. The fraction of sp³-hybridized carbons (Fsp3) is 0.316. The van der Waals surface area contributed by atoms with Gasteiger partial charge in [0.15, 0.2) is 0 Å². The lowest BCUT2D eigenvalue weighted by molar-refractivity contribution is 0.707. The van der Waals surface area contributed by atoms with Crippen LogP contribution in [0.1, 0.15) is 16.8 Å². The Morgan fingerprint density at radius 1 is 1.29 bits per heavy atom. The summed E-state index contributed by atoms with van der Waals surface area (Å²) in [6.45, 7) is 12.4. The second-order valence-corrected chi connectivity index (χ2v) is 6.74. The Bertz CT molecular complexity index is 731. The maximum absolute atomic E-state index is 4.57. The predicted octanol–water partition coefficient (Wildman–Crippen LogP) is 2.75. The molecule has 1 aromatic heterocycles. The average Bonchev–Trinajstić information content (AvgIpc) is 2.95. The van der Waals surface area contributed by atoms with E-state index >= 15 is 0 Å². The number of nitrogens with zero attached hydrogens (tertiary/aromatic N) is 2. The molecule has 1 atom stereocenters. The summed E-state index contributed by atoms with van der Waals surface area (Å²) in [5.74, 6) is 0.959. The van der Waals surface area contributed by atoms with Crippen molar-refractivity contribution in [3.05, 3.63) is 59.9 Å². The maximum Gasteiger partial charge on any atom is 0.128 e. The lowest BCUT2D eigenvalue weighted by Gasteiger charge is -2.15. The van der Waals surface area contributed by atoms with E-state index in [0.29, 0.717) is 0 Å². The van der Waals surface area contributed by atoms with E-state index in [1.54, 1.807) is 0 Å². The largest absolute Gasteiger partial charge is 0.369 e. The fourth-order valence-electron chi connectivity index (χ4n) is 2.58. The summed E-state index contributed by atoms with van der Waals surface area (Å²) in [7, 11) is 2.69. The number of likely N-dealkylation sites (N-methyl/N-ethyl adjacent to an activating group) is 1. The van der Waals surface area contributed by atoms with Crippen LogP contribution in [-0.2, 0) is 0 Å². The van der Waals surface area contributed by atoms with Gasteiger partial charge in [-0.3, -0.25) is 0 Å². The minimum absolute atomic E-state index is 0.738. The van der Waals surface area contributed by atoms with E-state index in [0.717, 1.165) is 38.6 Å². The molecule has 0 fully saturated rings. The summed E-state index contributed by atoms with van der Waals surface area (Å²) >= 11 is 0. The van der Waals surface area contributed by atoms with Gasteiger partial charge in [0.25, 0.3) is 0 Å². The molecule has 0 bridgehead atoms. The van der Waals surface area contributed by atoms with Crippen LogP contribution >= 0.6 is 8.58 Å². The van der Waals surface area contributed by atoms with E-state index in [1.807, 2.05) is 30.1 Å². The van der Waals surface area contributed by atoms with E-state index in [9.17, 15) is 0 Å². The first-order chi connectivity index (χ1) is 11.6. The molecule has 1 unspecified atom stereocenters. The molecule has 2 N–H and O–H groups in total. The smallest absolute Gasteiger partial charge is 0.128 e. The van der Waals surface area contributed by atoms with Gasteiger partial charge in [0, 0.05) is 18.4 Å². The van der Waals surface area contributed by atoms with Crippen LogP contribution in [0, 0.1) is 13.8 Å². The first-order valence-electron chi connectivity index (χ1n) is 8.16. The van der Waals surface area contributed by atoms with Gasteiger partial charge in [0.1, 0.15) is 5.82 Å². The number of hydrogen-bond donors (Lipinski definition) is 2. The van der Waals surface area contributed by atoms with E-state index < -0.39 is 0 Å². The van der Waals surface area contributed by atoms with Crippen molar-refractivity contribution >= 4 is 25.3 Å². The van der Waals surface area contributed by atoms with Gasteiger partial charge in [-0.1, -0.05) is 39.4 Å². The molecule has 1 aromatic carbocycles. The maximum atomic E-state index is 4.57. The molecule has 0 aliphatic heterocycles. The molecule has 4 nitrogen and oxygen atoms in total. The van der Waals surface area contributed by atoms with Crippen LogP contribution in [0.25, 0.3) is 11.4 Å². The molecule has 0 saturated heterocycles. The summed E-state index contributed by atoms with van der Waals surface area (Å²) in [6, 6.07) is 8.31. The number of aromatic nitrogens is 2. The normalized spacial score (nSPS) is 12.1. The molecule has 0 radical (unpaired) electrons. The molecule has 128 valence electrons. The van der Waals surface area contributed by atoms with Gasteiger partial charge in [-0.25, -0.2) is 4.68 Å². The van der Waals surface area contributed by atoms with Crippen molar-refractivity contribution in [2.75, 3.05) is 26.8 Å². The van der Waals surface area contributed by atoms with Crippen molar-refractivity contribution in [3.8, 4) is 0 Å². The Kier molecular flexibility index (Phi) is 6.77. The second kappa shape index (κ2) is 8.81. The average molecular weight is 342 g/mol. The molecule has 0 amide bonds. The molecule has 0 saturated carbocycles. The third kappa shape index (κ3) is 4.34. The minimum atomic E-state index is 0.738. The predicted molar refractivity (Wildman–Crippen MR) is 107 cm³/mol. The van der Waals surface area contributed by atoms with Gasteiger partial charge in [-0.15, -0.1) is 0 Å². The number of allylic oxidation sites excluding steroid dienone is 2. The van der Waals surface area contributed by atoms with Crippen molar-refractivity contribution in [2.45, 2.75) is 13.8 Å². The number of rotatable bonds is 8. The summed E-state index contributed by atoms with van der Waals surface area (Å²) in [5, 5.41) is 12.5. The Morgan fingerprint density at radius 3 is 2.67 bits per heavy atom. The summed E-state index contributed by atoms with van der Waals surface area (Å²) < 4.78 is 1.98. The molecule has 0 spiro atoms. The van der Waals surface area contributed by atoms with Crippen LogP contribution in [-0.4, -0.2) is 36.6 Å². The highest BCUT2D eigenvalue weighted by molar-refractivity contribution is 7.46. The van der Waals surface area contributed by atoms with E-state index in [-0.39, 0.29) is 0 Å². The van der Waals surface area contributed by atoms with E-state index in [2.05, 4.69) is 61.0 Å². The molecule has 1 heterocycles. The second-order valence-electron chi connectivity index (χ2n) is 5.71. The van der Waals surface area contributed by atoms with E-state index in [4.69, 9.17) is 0 Å². The third-order valence-electron chi connectivity index (χ3n) is 3.99. The van der Waals surface area contributed by atoms with Gasteiger partial charge in [-0.05, 0) is 50.3 Å². The SMILES string of the molecule is C=C(/C=C(/NCCNC)n1ncc(PC)c1C)c1ccccc1C. The van der Waals surface area contributed by atoms with Gasteiger partial charge < -0.3 is 10.6 Å². The van der Waals surface area contributed by atoms with Gasteiger partial charge in [0.05, 0.1) is 11.9 Å². The standard InChI is InChI=1S/C19H27N4P/c1-14-8-6-7-9-17(14)15(2)12-19(21-11-10-20-4)23-16(3)18(24-5)13-22-23/h6-9,12-13,20-21,24H,2,10-11H2,1,3-5H3/b19-12-. The Balaban J connectivity index is 2.36. The van der Waals surface area contributed by atoms with Crippen molar-refractivity contribution in [1.29, 1.82) is 0 Å². The fourth-order valence-corrected chi connectivity index (χ4v) is 3.23. The van der Waals surface area contributed by atoms with Crippen LogP contribution in [0.3, 0.4) is 0 Å². The van der Waals surface area contributed by atoms with Crippen LogP contribution in [0.2, 0.25) is 0 Å². The van der Waals surface area contributed by atoms with Crippen LogP contribution in [0.5, 0.6) is 0 Å². The Morgan fingerprint density at radius 2 is 2.04 bits per heavy atom. The van der Waals surface area contributed by atoms with E-state index in [1.165, 1.54) is 16.6 Å². The number of hydrogen-bond acceptors (Lipinski definition) is 3. The molecule has 0 aliphatic carbocycles. The van der Waals surface area contributed by atoms with Crippen LogP contribution in [0.4, 0.5) is 0 Å². The quantitative estimate of drug-likeness (QED) is 0.440. The van der Waals surface area contributed by atoms with Crippen molar-refractivity contribution in [2.24, 2.45) is 0 Å². The molecule has 0 aliphatic rings. The molecular weight excluding hydrogens is 315 g/mol. The first kappa shape index (κ1) is 18.4. The monoisotopic (exact) mass is 342 g/mol. The zero-order valence-electron chi connectivity index (χ0n) is 15.0. The first-order valence-corrected chi connectivity index (χ1v) is 9.66. The number of benzene rings is 1.